The second-order valence-corrected chi connectivity index (χ2v) is 4.30. The smallest absolute Gasteiger partial charge is 0.223 e. The highest BCUT2D eigenvalue weighted by Gasteiger charge is 2.10. The van der Waals surface area contributed by atoms with Crippen molar-refractivity contribution in [2.45, 2.75) is 6.54 Å². The number of ether oxygens (including phenoxy) is 3. The van der Waals surface area contributed by atoms with Crippen LogP contribution in [0.5, 0.6) is 23.1 Å². The lowest BCUT2D eigenvalue weighted by molar-refractivity contribution is 0.384. The Labute approximate surface area is 122 Å². The zero-order valence-corrected chi connectivity index (χ0v) is 12.1. The van der Waals surface area contributed by atoms with Gasteiger partial charge in [-0.15, -0.1) is 0 Å². The Bertz CT molecular complexity index is 598. The summed E-state index contributed by atoms with van der Waals surface area (Å²) in [6, 6.07) is 6.53. The van der Waals surface area contributed by atoms with E-state index >= 15 is 0 Å². The molecule has 1 aromatic heterocycles. The van der Waals surface area contributed by atoms with E-state index in [9.17, 15) is 4.39 Å². The van der Waals surface area contributed by atoms with Gasteiger partial charge in [0.15, 0.2) is 0 Å². The first-order valence-corrected chi connectivity index (χ1v) is 6.36. The fourth-order valence-corrected chi connectivity index (χ4v) is 1.83. The van der Waals surface area contributed by atoms with Crippen molar-refractivity contribution in [3.63, 3.8) is 0 Å². The number of methoxy groups -OCH3 is 2. The second kappa shape index (κ2) is 6.90. The normalized spacial score (nSPS) is 10.3. The van der Waals surface area contributed by atoms with Crippen molar-refractivity contribution >= 4 is 0 Å². The van der Waals surface area contributed by atoms with Crippen molar-refractivity contribution in [2.24, 2.45) is 0 Å². The molecule has 0 amide bonds. The number of hydrogen-bond donors (Lipinski definition) is 1. The van der Waals surface area contributed by atoms with Gasteiger partial charge in [0, 0.05) is 30.3 Å². The highest BCUT2D eigenvalue weighted by atomic mass is 19.1. The van der Waals surface area contributed by atoms with Crippen LogP contribution in [0.25, 0.3) is 0 Å². The van der Waals surface area contributed by atoms with E-state index in [1.54, 1.807) is 39.5 Å². The standard InChI is InChI=1S/C15H17FN2O3/c1-17-8-10-4-11(16)9-18-15(10)21-14-6-12(19-2)5-13(7-14)20-3/h4-7,9,17H,8H2,1-3H3. The van der Waals surface area contributed by atoms with E-state index in [2.05, 4.69) is 10.3 Å². The molecule has 0 aliphatic carbocycles. The monoisotopic (exact) mass is 292 g/mol. The maximum atomic E-state index is 13.3. The lowest BCUT2D eigenvalue weighted by atomic mass is 10.2. The number of aromatic nitrogens is 1. The third-order valence-corrected chi connectivity index (χ3v) is 2.80. The van der Waals surface area contributed by atoms with Gasteiger partial charge in [-0.1, -0.05) is 0 Å². The number of rotatable bonds is 6. The molecular weight excluding hydrogens is 275 g/mol. The maximum Gasteiger partial charge on any atom is 0.223 e. The first kappa shape index (κ1) is 15.1. The van der Waals surface area contributed by atoms with E-state index in [1.807, 2.05) is 0 Å². The van der Waals surface area contributed by atoms with Gasteiger partial charge < -0.3 is 19.5 Å². The van der Waals surface area contributed by atoms with Crippen molar-refractivity contribution in [3.8, 4) is 23.1 Å². The fraction of sp³-hybridized carbons (Fsp3) is 0.267. The van der Waals surface area contributed by atoms with Gasteiger partial charge in [-0.05, 0) is 13.1 Å². The Hall–Kier alpha value is -2.34. The summed E-state index contributed by atoms with van der Waals surface area (Å²) in [6.07, 6.45) is 1.12. The SMILES string of the molecule is CNCc1cc(F)cnc1Oc1cc(OC)cc(OC)c1. The first-order valence-electron chi connectivity index (χ1n) is 6.36. The molecular formula is C15H17FN2O3. The summed E-state index contributed by atoms with van der Waals surface area (Å²) in [7, 11) is 4.88. The fourth-order valence-electron chi connectivity index (χ4n) is 1.83. The second-order valence-electron chi connectivity index (χ2n) is 4.30. The Kier molecular flexibility index (Phi) is 4.94. The summed E-state index contributed by atoms with van der Waals surface area (Å²) in [5, 5.41) is 2.95. The van der Waals surface area contributed by atoms with Gasteiger partial charge in [0.1, 0.15) is 23.1 Å². The van der Waals surface area contributed by atoms with Gasteiger partial charge in [0.25, 0.3) is 0 Å². The molecule has 1 aromatic carbocycles. The molecule has 0 saturated carbocycles. The maximum absolute atomic E-state index is 13.3. The van der Waals surface area contributed by atoms with Crippen LogP contribution in [0.2, 0.25) is 0 Å². The van der Waals surface area contributed by atoms with Crippen LogP contribution < -0.4 is 19.5 Å². The predicted molar refractivity (Wildman–Crippen MR) is 76.6 cm³/mol. The van der Waals surface area contributed by atoms with E-state index in [-0.39, 0.29) is 0 Å². The van der Waals surface area contributed by atoms with Gasteiger partial charge in [-0.3, -0.25) is 0 Å². The minimum absolute atomic E-state index is 0.334. The number of hydrogen-bond acceptors (Lipinski definition) is 5. The van der Waals surface area contributed by atoms with Crippen molar-refractivity contribution in [2.75, 3.05) is 21.3 Å². The summed E-state index contributed by atoms with van der Waals surface area (Å²) < 4.78 is 29.3. The molecule has 5 nitrogen and oxygen atoms in total. The van der Waals surface area contributed by atoms with Gasteiger partial charge in [0.2, 0.25) is 5.88 Å². The van der Waals surface area contributed by atoms with E-state index < -0.39 is 5.82 Å². The molecule has 1 heterocycles. The Morgan fingerprint density at radius 1 is 1.05 bits per heavy atom. The lowest BCUT2D eigenvalue weighted by Gasteiger charge is -2.12. The van der Waals surface area contributed by atoms with Crippen LogP contribution in [0.4, 0.5) is 4.39 Å². The molecule has 0 radical (unpaired) electrons. The van der Waals surface area contributed by atoms with Crippen LogP contribution >= 0.6 is 0 Å². The molecule has 0 atom stereocenters. The van der Waals surface area contributed by atoms with Crippen molar-refractivity contribution in [3.05, 3.63) is 41.8 Å². The molecule has 0 saturated heterocycles. The number of benzene rings is 1. The molecule has 2 rings (SSSR count). The zero-order chi connectivity index (χ0) is 15.2. The number of nitrogens with one attached hydrogen (secondary N) is 1. The molecule has 0 fully saturated rings. The molecule has 0 aliphatic heterocycles. The van der Waals surface area contributed by atoms with Gasteiger partial charge in [-0.2, -0.15) is 0 Å². The van der Waals surface area contributed by atoms with Gasteiger partial charge in [0.05, 0.1) is 20.4 Å². The molecule has 0 bridgehead atoms. The lowest BCUT2D eigenvalue weighted by Crippen LogP contribution is -2.07. The van der Waals surface area contributed by atoms with Crippen LogP contribution in [-0.2, 0) is 6.54 Å². The predicted octanol–water partition coefficient (Wildman–Crippen LogP) is 2.75. The largest absolute Gasteiger partial charge is 0.496 e. The van der Waals surface area contributed by atoms with E-state index in [4.69, 9.17) is 14.2 Å². The molecule has 0 unspecified atom stereocenters. The van der Waals surface area contributed by atoms with Gasteiger partial charge in [-0.25, -0.2) is 9.37 Å². The zero-order valence-electron chi connectivity index (χ0n) is 12.1. The van der Waals surface area contributed by atoms with Crippen molar-refractivity contribution < 1.29 is 18.6 Å². The first-order chi connectivity index (χ1) is 10.2. The summed E-state index contributed by atoms with van der Waals surface area (Å²) in [4.78, 5) is 3.98. The Balaban J connectivity index is 2.33. The number of halogens is 1. The summed E-state index contributed by atoms with van der Waals surface area (Å²) in [5.74, 6) is 1.63. The van der Waals surface area contributed by atoms with Crippen LogP contribution in [0.3, 0.4) is 0 Å². The molecule has 2 aromatic rings. The van der Waals surface area contributed by atoms with Crippen molar-refractivity contribution in [1.29, 1.82) is 0 Å². The molecule has 112 valence electrons. The van der Waals surface area contributed by atoms with E-state index in [0.29, 0.717) is 35.2 Å². The minimum Gasteiger partial charge on any atom is -0.496 e. The Morgan fingerprint density at radius 3 is 2.24 bits per heavy atom. The minimum atomic E-state index is -0.407. The molecule has 6 heteroatoms. The highest BCUT2D eigenvalue weighted by Crippen LogP contribution is 2.31. The van der Waals surface area contributed by atoms with Crippen LogP contribution in [0.1, 0.15) is 5.56 Å². The van der Waals surface area contributed by atoms with Crippen LogP contribution in [0.15, 0.2) is 30.5 Å². The average Bonchev–Trinajstić information content (AvgIpc) is 2.50. The van der Waals surface area contributed by atoms with Crippen LogP contribution in [-0.4, -0.2) is 26.3 Å². The van der Waals surface area contributed by atoms with E-state index in [0.717, 1.165) is 6.20 Å². The Morgan fingerprint density at radius 2 is 1.67 bits per heavy atom. The topological polar surface area (TPSA) is 52.6 Å². The summed E-state index contributed by atoms with van der Waals surface area (Å²) >= 11 is 0. The average molecular weight is 292 g/mol. The number of nitrogens with zero attached hydrogens (tertiary/aromatic N) is 1. The molecule has 1 N–H and O–H groups in total. The molecule has 21 heavy (non-hydrogen) atoms. The molecule has 0 aliphatic rings. The third-order valence-electron chi connectivity index (χ3n) is 2.80. The van der Waals surface area contributed by atoms with Gasteiger partial charge >= 0.3 is 0 Å². The van der Waals surface area contributed by atoms with E-state index in [1.165, 1.54) is 6.07 Å². The summed E-state index contributed by atoms with van der Waals surface area (Å²) in [5.41, 5.74) is 0.624. The van der Waals surface area contributed by atoms with Crippen molar-refractivity contribution in [1.82, 2.24) is 10.3 Å². The quantitative estimate of drug-likeness (QED) is 0.887. The third kappa shape index (κ3) is 3.82. The van der Waals surface area contributed by atoms with Crippen LogP contribution in [0, 0.1) is 5.82 Å². The number of pyridine rings is 1. The molecule has 0 spiro atoms. The summed E-state index contributed by atoms with van der Waals surface area (Å²) in [6.45, 7) is 0.446. The highest BCUT2D eigenvalue weighted by molar-refractivity contribution is 5.44.